The third-order valence-corrected chi connectivity index (χ3v) is 4.22. The molecule has 2 aliphatic heterocycles. The Bertz CT molecular complexity index is 204. The average molecular weight is 267 g/mol. The Morgan fingerprint density at radius 1 is 0.947 bits per heavy atom. The number of likely N-dealkylation sites (tertiary alicyclic amines) is 1. The molecule has 0 saturated carbocycles. The molecule has 0 aromatic rings. The van der Waals surface area contributed by atoms with E-state index in [0.717, 1.165) is 12.3 Å². The first-order valence-corrected chi connectivity index (χ1v) is 7.91. The smallest absolute Gasteiger partial charge is 0.0110 e. The van der Waals surface area contributed by atoms with E-state index in [1.165, 1.54) is 65.2 Å². The van der Waals surface area contributed by atoms with Crippen LogP contribution in [0.2, 0.25) is 0 Å². The summed E-state index contributed by atoms with van der Waals surface area (Å²) in [6.45, 7) is 19.9. The third kappa shape index (κ3) is 7.28. The molecule has 2 saturated heterocycles. The van der Waals surface area contributed by atoms with Crippen LogP contribution in [-0.2, 0) is 0 Å². The van der Waals surface area contributed by atoms with Crippen molar-refractivity contribution in [2.45, 2.75) is 26.2 Å². The average Bonchev–Trinajstić information content (AvgIpc) is 2.43. The molecular formula is C16H33N3. The molecule has 0 aliphatic carbocycles. The highest BCUT2D eigenvalue weighted by molar-refractivity contribution is 4.72. The zero-order chi connectivity index (χ0) is 14.1. The van der Waals surface area contributed by atoms with Crippen molar-refractivity contribution in [3.63, 3.8) is 0 Å². The largest absolute Gasteiger partial charge is 0.304 e. The van der Waals surface area contributed by atoms with Crippen LogP contribution in [0.25, 0.3) is 0 Å². The topological polar surface area (TPSA) is 9.72 Å². The molecule has 0 N–H and O–H groups in total. The summed E-state index contributed by atoms with van der Waals surface area (Å²) in [6.07, 6.45) is 3.64. The molecular weight excluding hydrogens is 234 g/mol. The van der Waals surface area contributed by atoms with Crippen LogP contribution in [0, 0.1) is 19.8 Å². The summed E-state index contributed by atoms with van der Waals surface area (Å²) >= 11 is 0. The van der Waals surface area contributed by atoms with E-state index >= 15 is 0 Å². The zero-order valence-electron chi connectivity index (χ0n) is 13.1. The first-order chi connectivity index (χ1) is 9.15. The first-order valence-electron chi connectivity index (χ1n) is 7.91. The van der Waals surface area contributed by atoms with Crippen molar-refractivity contribution in [3.8, 4) is 0 Å². The van der Waals surface area contributed by atoms with Crippen LogP contribution < -0.4 is 0 Å². The summed E-state index contributed by atoms with van der Waals surface area (Å²) in [5, 5.41) is 0. The van der Waals surface area contributed by atoms with Gasteiger partial charge < -0.3 is 14.7 Å². The maximum atomic E-state index is 4.04. The van der Waals surface area contributed by atoms with Crippen LogP contribution in [0.4, 0.5) is 0 Å². The first kappa shape index (κ1) is 16.9. The van der Waals surface area contributed by atoms with Gasteiger partial charge in [-0.25, -0.2) is 0 Å². The maximum Gasteiger partial charge on any atom is 0.0110 e. The number of likely N-dealkylation sites (N-methyl/N-ethyl adjacent to an activating group) is 1. The van der Waals surface area contributed by atoms with Gasteiger partial charge in [0, 0.05) is 26.2 Å². The van der Waals surface area contributed by atoms with Gasteiger partial charge in [-0.3, -0.25) is 0 Å². The monoisotopic (exact) mass is 267 g/mol. The highest BCUT2D eigenvalue weighted by Crippen LogP contribution is 2.14. The molecule has 0 spiro atoms. The highest BCUT2D eigenvalue weighted by Gasteiger charge is 2.13. The molecule has 0 bridgehead atoms. The third-order valence-electron chi connectivity index (χ3n) is 4.22. The SMILES string of the molecule is [CH2]C1CCN(CC)CC1.[CH2]CCN1CCN(C)CC1. The van der Waals surface area contributed by atoms with E-state index in [2.05, 4.69) is 42.5 Å². The summed E-state index contributed by atoms with van der Waals surface area (Å²) in [4.78, 5) is 7.34. The molecule has 2 heterocycles. The van der Waals surface area contributed by atoms with Gasteiger partial charge in [0.05, 0.1) is 0 Å². The fourth-order valence-corrected chi connectivity index (χ4v) is 2.60. The normalized spacial score (nSPS) is 24.0. The van der Waals surface area contributed by atoms with Crippen molar-refractivity contribution < 1.29 is 0 Å². The number of hydrogen-bond donors (Lipinski definition) is 0. The van der Waals surface area contributed by atoms with Gasteiger partial charge in [-0.15, -0.1) is 0 Å². The van der Waals surface area contributed by atoms with E-state index in [0.29, 0.717) is 0 Å². The molecule has 3 nitrogen and oxygen atoms in total. The lowest BCUT2D eigenvalue weighted by Crippen LogP contribution is -2.44. The van der Waals surface area contributed by atoms with Crippen molar-refractivity contribution in [2.24, 2.45) is 5.92 Å². The molecule has 2 aliphatic rings. The summed E-state index contributed by atoms with van der Waals surface area (Å²) in [5.41, 5.74) is 0. The molecule has 2 fully saturated rings. The number of rotatable bonds is 3. The number of hydrogen-bond acceptors (Lipinski definition) is 3. The van der Waals surface area contributed by atoms with Crippen molar-refractivity contribution in [2.75, 3.05) is 59.4 Å². The standard InChI is InChI=1S/C8H17N2.C8H16N/c1-3-4-10-7-5-9(2)6-8-10;1-3-9-6-4-8(2)5-7-9/h1,3-8H2,2H3;8H,2-7H2,1H3. The van der Waals surface area contributed by atoms with Gasteiger partial charge in [-0.1, -0.05) is 20.8 Å². The second-order valence-electron chi connectivity index (χ2n) is 5.88. The molecule has 2 rings (SSSR count). The Kier molecular flexibility index (Phi) is 8.67. The molecule has 2 radical (unpaired) electrons. The van der Waals surface area contributed by atoms with Crippen molar-refractivity contribution in [3.05, 3.63) is 13.8 Å². The van der Waals surface area contributed by atoms with Crippen LogP contribution in [0.3, 0.4) is 0 Å². The lowest BCUT2D eigenvalue weighted by molar-refractivity contribution is 0.156. The lowest BCUT2D eigenvalue weighted by Gasteiger charge is -2.31. The van der Waals surface area contributed by atoms with E-state index in [9.17, 15) is 0 Å². The molecule has 0 unspecified atom stereocenters. The molecule has 0 atom stereocenters. The van der Waals surface area contributed by atoms with E-state index in [-0.39, 0.29) is 0 Å². The van der Waals surface area contributed by atoms with Crippen molar-refractivity contribution in [1.82, 2.24) is 14.7 Å². The van der Waals surface area contributed by atoms with Gasteiger partial charge in [0.2, 0.25) is 0 Å². The second kappa shape index (κ2) is 9.73. The van der Waals surface area contributed by atoms with Gasteiger partial charge in [0.15, 0.2) is 0 Å². The zero-order valence-corrected chi connectivity index (χ0v) is 13.1. The minimum absolute atomic E-state index is 0.729. The highest BCUT2D eigenvalue weighted by atomic mass is 15.2. The van der Waals surface area contributed by atoms with Crippen LogP contribution >= 0.6 is 0 Å². The second-order valence-corrected chi connectivity index (χ2v) is 5.88. The summed E-state index contributed by atoms with van der Waals surface area (Å²) < 4.78 is 0. The predicted octanol–water partition coefficient (Wildman–Crippen LogP) is 2.01. The van der Waals surface area contributed by atoms with Gasteiger partial charge in [0.1, 0.15) is 0 Å². The Balaban J connectivity index is 0.000000191. The minimum Gasteiger partial charge on any atom is -0.304 e. The number of piperazine rings is 1. The van der Waals surface area contributed by atoms with E-state index in [4.69, 9.17) is 0 Å². The quantitative estimate of drug-likeness (QED) is 0.774. The predicted molar refractivity (Wildman–Crippen MR) is 84.1 cm³/mol. The Morgan fingerprint density at radius 3 is 2.00 bits per heavy atom. The Hall–Kier alpha value is -0.120. The lowest BCUT2D eigenvalue weighted by atomic mass is 9.99. The molecule has 0 aromatic heterocycles. The van der Waals surface area contributed by atoms with Gasteiger partial charge in [-0.2, -0.15) is 0 Å². The summed E-state index contributed by atoms with van der Waals surface area (Å²) in [7, 11) is 2.18. The van der Waals surface area contributed by atoms with E-state index in [1.807, 2.05) is 0 Å². The molecule has 0 amide bonds. The minimum atomic E-state index is 0.729. The Morgan fingerprint density at radius 2 is 1.53 bits per heavy atom. The molecule has 19 heavy (non-hydrogen) atoms. The maximum absolute atomic E-state index is 4.04. The Labute approximate surface area is 120 Å². The van der Waals surface area contributed by atoms with E-state index < -0.39 is 0 Å². The van der Waals surface area contributed by atoms with Gasteiger partial charge in [-0.05, 0) is 58.4 Å². The molecule has 112 valence electrons. The van der Waals surface area contributed by atoms with Crippen LogP contribution in [0.15, 0.2) is 0 Å². The number of piperidine rings is 1. The van der Waals surface area contributed by atoms with Crippen LogP contribution in [0.5, 0.6) is 0 Å². The van der Waals surface area contributed by atoms with Crippen LogP contribution in [0.1, 0.15) is 26.2 Å². The van der Waals surface area contributed by atoms with Gasteiger partial charge >= 0.3 is 0 Å². The number of nitrogens with zero attached hydrogens (tertiary/aromatic N) is 3. The summed E-state index contributed by atoms with van der Waals surface area (Å²) in [5.74, 6) is 0.729. The van der Waals surface area contributed by atoms with E-state index in [1.54, 1.807) is 0 Å². The van der Waals surface area contributed by atoms with Crippen molar-refractivity contribution in [1.29, 1.82) is 0 Å². The molecule has 3 heteroatoms. The molecule has 0 aromatic carbocycles. The fraction of sp³-hybridized carbons (Fsp3) is 0.875. The fourth-order valence-electron chi connectivity index (χ4n) is 2.60. The van der Waals surface area contributed by atoms with Crippen molar-refractivity contribution >= 4 is 0 Å². The van der Waals surface area contributed by atoms with Gasteiger partial charge in [0.25, 0.3) is 0 Å². The van der Waals surface area contributed by atoms with Crippen LogP contribution in [-0.4, -0.2) is 74.1 Å². The summed E-state index contributed by atoms with van der Waals surface area (Å²) in [6, 6.07) is 0.